The van der Waals surface area contributed by atoms with Crippen LogP contribution in [-0.2, 0) is 10.8 Å². The summed E-state index contributed by atoms with van der Waals surface area (Å²) in [6.07, 6.45) is 5.00. The highest BCUT2D eigenvalue weighted by Gasteiger charge is 2.61. The van der Waals surface area contributed by atoms with Crippen molar-refractivity contribution in [2.75, 3.05) is 9.80 Å². The minimum atomic E-state index is -0.000297. The maximum Gasteiger partial charge on any atom is 0.252 e. The fraction of sp³-hybridized carbons (Fsp3) is 0.265. The van der Waals surface area contributed by atoms with Gasteiger partial charge in [0.15, 0.2) is 0 Å². The van der Waals surface area contributed by atoms with Crippen LogP contribution in [0.2, 0.25) is 0 Å². The molecule has 0 N–H and O–H groups in total. The van der Waals surface area contributed by atoms with E-state index in [-0.39, 0.29) is 23.1 Å². The van der Waals surface area contributed by atoms with Crippen LogP contribution in [0.1, 0.15) is 77.0 Å². The zero-order chi connectivity index (χ0) is 35.6. The Kier molecular flexibility index (Phi) is 6.70. The molecule has 1 aliphatic carbocycles. The summed E-state index contributed by atoms with van der Waals surface area (Å²) >= 11 is 0. The highest BCUT2D eigenvalue weighted by molar-refractivity contribution is 7.00. The molecule has 4 aliphatic rings. The standard InChI is InChI=1S/C49H47BN2/c1-32-27-43-45-44(28-32)52-46-39(48(5)25-13-14-26-49(48,52)6)30-37(47(2,3)4)31-41(46)50(45)40-29-36(34-17-11-8-12-18-34)21-24-42(40)51(43)38-22-19-35(20-23-38)33-15-9-7-10-16-33/h7-12,15-24,27-31H,13-14,25-26H2,1-6H3. The largest absolute Gasteiger partial charge is 0.335 e. The van der Waals surface area contributed by atoms with Gasteiger partial charge in [-0.05, 0) is 118 Å². The third-order valence-corrected chi connectivity index (χ3v) is 13.4. The summed E-state index contributed by atoms with van der Waals surface area (Å²) in [5.74, 6) is 0. The van der Waals surface area contributed by atoms with Crippen molar-refractivity contribution in [1.82, 2.24) is 0 Å². The minimum absolute atomic E-state index is 0.000297. The van der Waals surface area contributed by atoms with Gasteiger partial charge in [0.05, 0.1) is 5.54 Å². The monoisotopic (exact) mass is 674 g/mol. The number of nitrogens with zero attached hydrogens (tertiary/aromatic N) is 2. The number of hydrogen-bond acceptors (Lipinski definition) is 2. The molecule has 1 saturated carbocycles. The molecular formula is C49H47BN2. The second kappa shape index (κ2) is 11.0. The molecule has 0 amide bonds. The van der Waals surface area contributed by atoms with Gasteiger partial charge in [0.2, 0.25) is 0 Å². The number of fused-ring (bicyclic) bond motifs is 7. The van der Waals surface area contributed by atoms with Crippen molar-refractivity contribution in [2.24, 2.45) is 0 Å². The van der Waals surface area contributed by atoms with Crippen molar-refractivity contribution in [2.45, 2.75) is 83.6 Å². The molecule has 3 heterocycles. The minimum Gasteiger partial charge on any atom is -0.335 e. The molecule has 6 aromatic carbocycles. The SMILES string of the molecule is Cc1cc2c3c(c1)N1c4c(cc(C(C)(C)C)cc4C4(C)CCCCC14C)B3c1cc(-c3ccccc3)ccc1N2c1ccc(-c2ccccc2)cc1. The maximum atomic E-state index is 2.86. The Bertz CT molecular complexity index is 2390. The van der Waals surface area contributed by atoms with Gasteiger partial charge in [0, 0.05) is 33.9 Å². The van der Waals surface area contributed by atoms with Crippen LogP contribution in [0.3, 0.4) is 0 Å². The summed E-state index contributed by atoms with van der Waals surface area (Å²) in [7, 11) is 0. The molecule has 1 fully saturated rings. The van der Waals surface area contributed by atoms with Crippen molar-refractivity contribution < 1.29 is 0 Å². The van der Waals surface area contributed by atoms with E-state index in [1.807, 2.05) is 0 Å². The molecule has 52 heavy (non-hydrogen) atoms. The summed E-state index contributed by atoms with van der Waals surface area (Å²) < 4.78 is 0. The van der Waals surface area contributed by atoms with E-state index in [0.717, 1.165) is 0 Å². The van der Waals surface area contributed by atoms with E-state index in [2.05, 4.69) is 179 Å². The number of hydrogen-bond donors (Lipinski definition) is 0. The lowest BCUT2D eigenvalue weighted by molar-refractivity contribution is 0.195. The zero-order valence-electron chi connectivity index (χ0n) is 31.4. The predicted molar refractivity (Wildman–Crippen MR) is 223 cm³/mol. The van der Waals surface area contributed by atoms with Crippen LogP contribution in [0, 0.1) is 6.92 Å². The average molecular weight is 675 g/mol. The fourth-order valence-corrected chi connectivity index (χ4v) is 10.4. The Hall–Kier alpha value is -5.02. The van der Waals surface area contributed by atoms with Gasteiger partial charge in [-0.1, -0.05) is 138 Å². The summed E-state index contributed by atoms with van der Waals surface area (Å²) in [6, 6.07) is 48.4. The lowest BCUT2D eigenvalue weighted by Crippen LogP contribution is -2.64. The predicted octanol–water partition coefficient (Wildman–Crippen LogP) is 11.0. The third-order valence-electron chi connectivity index (χ3n) is 13.4. The van der Waals surface area contributed by atoms with Crippen molar-refractivity contribution >= 4 is 51.5 Å². The molecule has 3 heteroatoms. The quantitative estimate of drug-likeness (QED) is 0.172. The second-order valence-corrected chi connectivity index (χ2v) is 17.4. The Morgan fingerprint density at radius 1 is 0.596 bits per heavy atom. The smallest absolute Gasteiger partial charge is 0.252 e. The molecular weight excluding hydrogens is 627 g/mol. The lowest BCUT2D eigenvalue weighted by Gasteiger charge is -2.52. The van der Waals surface area contributed by atoms with E-state index < -0.39 is 0 Å². The van der Waals surface area contributed by atoms with Gasteiger partial charge < -0.3 is 9.80 Å². The first kappa shape index (κ1) is 31.7. The van der Waals surface area contributed by atoms with Crippen LogP contribution in [-0.4, -0.2) is 12.3 Å². The molecule has 0 radical (unpaired) electrons. The third kappa shape index (κ3) is 4.32. The molecule has 0 aromatic heterocycles. The van der Waals surface area contributed by atoms with E-state index in [0.29, 0.717) is 0 Å². The summed E-state index contributed by atoms with van der Waals surface area (Å²) in [4.78, 5) is 5.42. The number of aryl methyl sites for hydroxylation is 1. The van der Waals surface area contributed by atoms with Gasteiger partial charge >= 0.3 is 0 Å². The highest BCUT2D eigenvalue weighted by atomic mass is 15.3. The second-order valence-electron chi connectivity index (χ2n) is 17.4. The zero-order valence-corrected chi connectivity index (χ0v) is 31.4. The van der Waals surface area contributed by atoms with Gasteiger partial charge in [-0.15, -0.1) is 0 Å². The van der Waals surface area contributed by atoms with Gasteiger partial charge in [-0.25, -0.2) is 0 Å². The van der Waals surface area contributed by atoms with Gasteiger partial charge in [0.25, 0.3) is 6.71 Å². The van der Waals surface area contributed by atoms with E-state index in [1.54, 1.807) is 5.56 Å². The van der Waals surface area contributed by atoms with Crippen LogP contribution in [0.25, 0.3) is 22.3 Å². The van der Waals surface area contributed by atoms with Gasteiger partial charge in [-0.3, -0.25) is 0 Å². The molecule has 2 nitrogen and oxygen atoms in total. The lowest BCUT2D eigenvalue weighted by atomic mass is 9.33. The summed E-state index contributed by atoms with van der Waals surface area (Å²) in [5, 5.41) is 0. The van der Waals surface area contributed by atoms with Crippen molar-refractivity contribution in [3.63, 3.8) is 0 Å². The first-order chi connectivity index (χ1) is 25.1. The summed E-state index contributed by atoms with van der Waals surface area (Å²) in [6.45, 7) is 14.8. The van der Waals surface area contributed by atoms with E-state index in [1.165, 1.54) is 104 Å². The molecule has 256 valence electrons. The normalized spacial score (nSPS) is 21.0. The molecule has 0 spiro atoms. The molecule has 0 bridgehead atoms. The van der Waals surface area contributed by atoms with Gasteiger partial charge in [0.1, 0.15) is 0 Å². The molecule has 0 saturated heterocycles. The fourth-order valence-electron chi connectivity index (χ4n) is 10.4. The van der Waals surface area contributed by atoms with Crippen LogP contribution < -0.4 is 26.2 Å². The number of benzene rings is 6. The Labute approximate surface area is 310 Å². The van der Waals surface area contributed by atoms with E-state index in [9.17, 15) is 0 Å². The number of anilines is 5. The number of rotatable bonds is 3. The van der Waals surface area contributed by atoms with Crippen LogP contribution in [0.15, 0.2) is 127 Å². The van der Waals surface area contributed by atoms with Crippen molar-refractivity contribution in [3.05, 3.63) is 144 Å². The van der Waals surface area contributed by atoms with Gasteiger partial charge in [-0.2, -0.15) is 0 Å². The molecule has 2 unspecified atom stereocenters. The Morgan fingerprint density at radius 3 is 1.90 bits per heavy atom. The Morgan fingerprint density at radius 2 is 1.21 bits per heavy atom. The topological polar surface area (TPSA) is 6.48 Å². The highest BCUT2D eigenvalue weighted by Crippen LogP contribution is 2.62. The van der Waals surface area contributed by atoms with Crippen molar-refractivity contribution in [3.8, 4) is 22.3 Å². The molecule has 6 aromatic rings. The average Bonchev–Trinajstić information content (AvgIpc) is 3.37. The maximum absolute atomic E-state index is 2.86. The van der Waals surface area contributed by atoms with E-state index in [4.69, 9.17) is 0 Å². The Balaban J connectivity index is 1.29. The molecule has 10 rings (SSSR count). The van der Waals surface area contributed by atoms with Crippen LogP contribution >= 0.6 is 0 Å². The van der Waals surface area contributed by atoms with Crippen LogP contribution in [0.4, 0.5) is 28.4 Å². The van der Waals surface area contributed by atoms with E-state index >= 15 is 0 Å². The first-order valence-corrected chi connectivity index (χ1v) is 19.4. The first-order valence-electron chi connectivity index (χ1n) is 19.4. The molecule has 2 atom stereocenters. The summed E-state index contributed by atoms with van der Waals surface area (Å²) in [5.41, 5.74) is 20.5. The molecule has 3 aliphatic heterocycles. The van der Waals surface area contributed by atoms with Crippen molar-refractivity contribution in [1.29, 1.82) is 0 Å². The van der Waals surface area contributed by atoms with Crippen LogP contribution in [0.5, 0.6) is 0 Å².